The monoisotopic (exact) mass is 285 g/mol. The highest BCUT2D eigenvalue weighted by Crippen LogP contribution is 2.16. The highest BCUT2D eigenvalue weighted by molar-refractivity contribution is 6.33. The maximum atomic E-state index is 11.9. The molecule has 1 N–H and O–H groups in total. The van der Waals surface area contributed by atoms with Gasteiger partial charge in [-0.1, -0.05) is 25.4 Å². The van der Waals surface area contributed by atoms with Crippen LogP contribution in [0.1, 0.15) is 42.5 Å². The highest BCUT2D eigenvalue weighted by atomic mass is 35.5. The fraction of sp³-hybridized carbons (Fsp3) is 0.500. The van der Waals surface area contributed by atoms with Crippen LogP contribution in [0.5, 0.6) is 0 Å². The molecule has 6 nitrogen and oxygen atoms in total. The van der Waals surface area contributed by atoms with Gasteiger partial charge in [-0.05, 0) is 0 Å². The smallest absolute Gasteiger partial charge is 0.307 e. The van der Waals surface area contributed by atoms with Gasteiger partial charge in [-0.15, -0.1) is 0 Å². The summed E-state index contributed by atoms with van der Waals surface area (Å²) < 4.78 is 4.47. The van der Waals surface area contributed by atoms with E-state index in [4.69, 9.17) is 11.6 Å². The number of rotatable bonds is 5. The molecule has 1 rings (SSSR count). The van der Waals surface area contributed by atoms with Crippen molar-refractivity contribution in [2.45, 2.75) is 26.2 Å². The zero-order chi connectivity index (χ0) is 14.4. The number of nitrogens with one attached hydrogen (secondary N) is 1. The molecule has 1 heterocycles. The number of amides is 1. The maximum Gasteiger partial charge on any atom is 0.307 e. The van der Waals surface area contributed by atoms with Crippen LogP contribution in [0.25, 0.3) is 0 Å². The average molecular weight is 286 g/mol. The van der Waals surface area contributed by atoms with E-state index >= 15 is 0 Å². The van der Waals surface area contributed by atoms with Crippen LogP contribution in [-0.4, -0.2) is 35.5 Å². The van der Waals surface area contributed by atoms with Crippen molar-refractivity contribution in [3.8, 4) is 0 Å². The zero-order valence-corrected chi connectivity index (χ0v) is 11.8. The summed E-state index contributed by atoms with van der Waals surface area (Å²) in [5.41, 5.74) is 0.116. The number of esters is 1. The van der Waals surface area contributed by atoms with E-state index in [0.717, 1.165) is 0 Å². The SMILES string of the molecule is COC(=O)CCNC(=O)c1nc(C(C)C)ncc1Cl. The molecule has 0 atom stereocenters. The van der Waals surface area contributed by atoms with Crippen molar-refractivity contribution in [2.75, 3.05) is 13.7 Å². The van der Waals surface area contributed by atoms with Gasteiger partial charge in [0.1, 0.15) is 11.5 Å². The first kappa shape index (κ1) is 15.4. The molecule has 0 radical (unpaired) electrons. The first-order chi connectivity index (χ1) is 8.95. The van der Waals surface area contributed by atoms with E-state index in [1.165, 1.54) is 13.3 Å². The van der Waals surface area contributed by atoms with Crippen LogP contribution in [0.15, 0.2) is 6.20 Å². The normalized spacial score (nSPS) is 10.4. The summed E-state index contributed by atoms with van der Waals surface area (Å²) in [4.78, 5) is 31.0. The molecule has 0 aliphatic rings. The molecule has 0 unspecified atom stereocenters. The second-order valence-corrected chi connectivity index (χ2v) is 4.57. The van der Waals surface area contributed by atoms with E-state index in [9.17, 15) is 9.59 Å². The van der Waals surface area contributed by atoms with Crippen molar-refractivity contribution in [1.82, 2.24) is 15.3 Å². The minimum Gasteiger partial charge on any atom is -0.469 e. The summed E-state index contributed by atoms with van der Waals surface area (Å²) in [6.07, 6.45) is 1.50. The van der Waals surface area contributed by atoms with E-state index in [1.807, 2.05) is 13.8 Å². The third-order valence-corrected chi connectivity index (χ3v) is 2.61. The van der Waals surface area contributed by atoms with Crippen molar-refractivity contribution in [3.63, 3.8) is 0 Å². The molecule has 0 spiro atoms. The summed E-state index contributed by atoms with van der Waals surface area (Å²) in [7, 11) is 1.29. The number of carbonyl (C=O) groups is 2. The third kappa shape index (κ3) is 4.48. The standard InChI is InChI=1S/C12H16ClN3O3/c1-7(2)11-15-6-8(13)10(16-11)12(18)14-5-4-9(17)19-3/h6-7H,4-5H2,1-3H3,(H,14,18). The van der Waals surface area contributed by atoms with Crippen LogP contribution in [-0.2, 0) is 9.53 Å². The number of methoxy groups -OCH3 is 1. The number of halogens is 1. The summed E-state index contributed by atoms with van der Waals surface area (Å²) in [6.45, 7) is 4.01. The number of carbonyl (C=O) groups excluding carboxylic acids is 2. The predicted octanol–water partition coefficient (Wildman–Crippen LogP) is 1.55. The molecule has 7 heteroatoms. The molecule has 0 saturated heterocycles. The Morgan fingerprint density at radius 1 is 1.47 bits per heavy atom. The van der Waals surface area contributed by atoms with Gasteiger partial charge < -0.3 is 10.1 Å². The molecule has 0 fully saturated rings. The lowest BCUT2D eigenvalue weighted by molar-refractivity contribution is -0.140. The Hall–Kier alpha value is -1.69. The van der Waals surface area contributed by atoms with Crippen LogP contribution >= 0.6 is 11.6 Å². The first-order valence-corrected chi connectivity index (χ1v) is 6.21. The van der Waals surface area contributed by atoms with Gasteiger partial charge in [0, 0.05) is 12.5 Å². The highest BCUT2D eigenvalue weighted by Gasteiger charge is 2.15. The minimum absolute atomic E-state index is 0.0962. The van der Waals surface area contributed by atoms with Gasteiger partial charge in [-0.2, -0.15) is 0 Å². The average Bonchev–Trinajstić information content (AvgIpc) is 2.38. The zero-order valence-electron chi connectivity index (χ0n) is 11.1. The molecule has 0 aliphatic heterocycles. The van der Waals surface area contributed by atoms with Gasteiger partial charge in [0.25, 0.3) is 5.91 Å². The van der Waals surface area contributed by atoms with E-state index in [1.54, 1.807) is 0 Å². The lowest BCUT2D eigenvalue weighted by Gasteiger charge is -2.08. The van der Waals surface area contributed by atoms with Crippen molar-refractivity contribution < 1.29 is 14.3 Å². The maximum absolute atomic E-state index is 11.9. The minimum atomic E-state index is -0.432. The van der Waals surface area contributed by atoms with Gasteiger partial charge in [0.15, 0.2) is 0 Å². The Bertz CT molecular complexity index is 477. The number of hydrogen-bond donors (Lipinski definition) is 1. The van der Waals surface area contributed by atoms with Crippen molar-refractivity contribution in [1.29, 1.82) is 0 Å². The second kappa shape index (κ2) is 7.04. The lowest BCUT2D eigenvalue weighted by atomic mass is 10.2. The Balaban J connectivity index is 2.71. The second-order valence-electron chi connectivity index (χ2n) is 4.16. The van der Waals surface area contributed by atoms with E-state index in [-0.39, 0.29) is 29.6 Å². The molecule has 0 bridgehead atoms. The van der Waals surface area contributed by atoms with E-state index in [0.29, 0.717) is 5.82 Å². The van der Waals surface area contributed by atoms with Crippen LogP contribution in [0.4, 0.5) is 0 Å². The van der Waals surface area contributed by atoms with Gasteiger partial charge in [-0.3, -0.25) is 9.59 Å². The summed E-state index contributed by atoms with van der Waals surface area (Å²) >= 11 is 5.89. The van der Waals surface area contributed by atoms with E-state index in [2.05, 4.69) is 20.0 Å². The molecular weight excluding hydrogens is 270 g/mol. The Morgan fingerprint density at radius 3 is 2.74 bits per heavy atom. The van der Waals surface area contributed by atoms with Gasteiger partial charge in [0.05, 0.1) is 24.8 Å². The summed E-state index contributed by atoms with van der Waals surface area (Å²) in [5, 5.41) is 2.74. The molecule has 0 aromatic carbocycles. The number of nitrogens with zero attached hydrogens (tertiary/aromatic N) is 2. The number of aromatic nitrogens is 2. The first-order valence-electron chi connectivity index (χ1n) is 5.83. The van der Waals surface area contributed by atoms with E-state index < -0.39 is 11.9 Å². The largest absolute Gasteiger partial charge is 0.469 e. The van der Waals surface area contributed by atoms with Crippen LogP contribution in [0, 0.1) is 0 Å². The quantitative estimate of drug-likeness (QED) is 0.830. The Kier molecular flexibility index (Phi) is 5.69. The van der Waals surface area contributed by atoms with Crippen molar-refractivity contribution in [2.24, 2.45) is 0 Å². The molecule has 0 saturated carbocycles. The number of hydrogen-bond acceptors (Lipinski definition) is 5. The van der Waals surface area contributed by atoms with Gasteiger partial charge >= 0.3 is 5.97 Å². The summed E-state index contributed by atoms with van der Waals surface area (Å²) in [5.74, 6) is -0.184. The Morgan fingerprint density at radius 2 is 2.16 bits per heavy atom. The molecule has 104 valence electrons. The fourth-order valence-corrected chi connectivity index (χ4v) is 1.46. The van der Waals surface area contributed by atoms with Crippen molar-refractivity contribution in [3.05, 3.63) is 22.7 Å². The van der Waals surface area contributed by atoms with Crippen LogP contribution in [0.2, 0.25) is 5.02 Å². The van der Waals surface area contributed by atoms with Crippen LogP contribution in [0.3, 0.4) is 0 Å². The van der Waals surface area contributed by atoms with Crippen molar-refractivity contribution >= 4 is 23.5 Å². The fourth-order valence-electron chi connectivity index (χ4n) is 1.28. The lowest BCUT2D eigenvalue weighted by Crippen LogP contribution is -2.28. The third-order valence-electron chi connectivity index (χ3n) is 2.34. The molecule has 1 aromatic rings. The summed E-state index contributed by atoms with van der Waals surface area (Å²) in [6, 6.07) is 0. The topological polar surface area (TPSA) is 81.2 Å². The van der Waals surface area contributed by atoms with Gasteiger partial charge in [-0.25, -0.2) is 9.97 Å². The molecule has 0 aliphatic carbocycles. The molecule has 1 amide bonds. The molecular formula is C12H16ClN3O3. The predicted molar refractivity (Wildman–Crippen MR) is 70.1 cm³/mol. The molecule has 1 aromatic heterocycles. The number of ether oxygens (including phenoxy) is 1. The molecule has 19 heavy (non-hydrogen) atoms. The Labute approximate surface area is 116 Å². The van der Waals surface area contributed by atoms with Gasteiger partial charge in [0.2, 0.25) is 0 Å². The van der Waals surface area contributed by atoms with Crippen LogP contribution < -0.4 is 5.32 Å².